The van der Waals surface area contributed by atoms with Crippen LogP contribution in [-0.2, 0) is 19.6 Å². The van der Waals surface area contributed by atoms with Crippen LogP contribution >= 0.6 is 0 Å². The highest BCUT2D eigenvalue weighted by molar-refractivity contribution is 7.86. The molecule has 1 N–H and O–H groups in total. The molecule has 0 aromatic carbocycles. The number of halogens is 3. The van der Waals surface area contributed by atoms with E-state index in [1.165, 1.54) is 0 Å². The highest BCUT2D eigenvalue weighted by Gasteiger charge is 2.53. The van der Waals surface area contributed by atoms with Crippen LogP contribution in [0, 0.1) is 0 Å². The van der Waals surface area contributed by atoms with Crippen molar-refractivity contribution in [3.05, 3.63) is 0 Å². The Morgan fingerprint density at radius 1 is 1.57 bits per heavy atom. The topological polar surface area (TPSA) is 80.7 Å². The molecule has 5 nitrogen and oxygen atoms in total. The zero-order valence-corrected chi connectivity index (χ0v) is 7.72. The first-order valence-electron chi connectivity index (χ1n) is 3.21. The van der Waals surface area contributed by atoms with Gasteiger partial charge in [0.05, 0.1) is 0 Å². The first-order chi connectivity index (χ1) is 6.09. The lowest BCUT2D eigenvalue weighted by atomic mass is 10.4. The van der Waals surface area contributed by atoms with Gasteiger partial charge in [-0.15, -0.1) is 0 Å². The van der Waals surface area contributed by atoms with Crippen LogP contribution in [0.1, 0.15) is 6.92 Å². The molecule has 1 unspecified atom stereocenters. The Balaban J connectivity index is 4.52. The number of hydrogen-bond acceptors (Lipinski definition) is 4. The molecule has 84 valence electrons. The molecule has 0 spiro atoms. The van der Waals surface area contributed by atoms with E-state index in [9.17, 15) is 26.4 Å². The Hall–Kier alpha value is -0.830. The summed E-state index contributed by atoms with van der Waals surface area (Å²) in [4.78, 5) is 10.1. The fraction of sp³-hybridized carbons (Fsp3) is 0.800. The zero-order chi connectivity index (χ0) is 11.6. The van der Waals surface area contributed by atoms with Gasteiger partial charge in [0, 0.05) is 6.92 Å². The zero-order valence-electron chi connectivity index (χ0n) is 6.91. The minimum absolute atomic E-state index is 0.832. The predicted molar refractivity (Wildman–Crippen MR) is 38.0 cm³/mol. The van der Waals surface area contributed by atoms with Crippen LogP contribution in [0.4, 0.5) is 13.2 Å². The molecule has 0 rings (SSSR count). The van der Waals surface area contributed by atoms with Gasteiger partial charge in [-0.25, -0.2) is 4.39 Å². The molecule has 0 heterocycles. The van der Waals surface area contributed by atoms with Crippen molar-refractivity contribution < 1.29 is 35.7 Å². The summed E-state index contributed by atoms with van der Waals surface area (Å²) < 4.78 is 68.9. The van der Waals surface area contributed by atoms with Gasteiger partial charge in [0.2, 0.25) is 6.17 Å². The second-order valence-corrected chi connectivity index (χ2v) is 3.80. The molecular formula is C5H7F3O5S. The number of carbonyl (C=O) groups is 1. The predicted octanol–water partition coefficient (Wildman–Crippen LogP) is 0.368. The summed E-state index contributed by atoms with van der Waals surface area (Å²) in [6.45, 7) is -0.611. The summed E-state index contributed by atoms with van der Waals surface area (Å²) in [6.07, 6.45) is -3.30. The van der Waals surface area contributed by atoms with E-state index >= 15 is 0 Å². The molecule has 14 heavy (non-hydrogen) atoms. The molecule has 0 fully saturated rings. The van der Waals surface area contributed by atoms with Crippen molar-refractivity contribution in [2.75, 3.05) is 6.61 Å². The van der Waals surface area contributed by atoms with Crippen molar-refractivity contribution in [3.8, 4) is 0 Å². The number of alkyl halides is 3. The average molecular weight is 236 g/mol. The van der Waals surface area contributed by atoms with E-state index in [0.717, 1.165) is 6.92 Å². The van der Waals surface area contributed by atoms with Crippen molar-refractivity contribution in [2.24, 2.45) is 0 Å². The smallest absolute Gasteiger partial charge is 0.403 e. The maximum Gasteiger partial charge on any atom is 0.403 e. The third-order valence-electron chi connectivity index (χ3n) is 1.14. The lowest BCUT2D eigenvalue weighted by Crippen LogP contribution is -2.41. The second kappa shape index (κ2) is 4.13. The molecule has 0 radical (unpaired) electrons. The van der Waals surface area contributed by atoms with E-state index < -0.39 is 34.1 Å². The van der Waals surface area contributed by atoms with Gasteiger partial charge < -0.3 is 4.74 Å². The van der Waals surface area contributed by atoms with Crippen LogP contribution in [0.5, 0.6) is 0 Å². The molecule has 0 aromatic rings. The van der Waals surface area contributed by atoms with Gasteiger partial charge in [-0.1, -0.05) is 0 Å². The molecule has 0 aliphatic rings. The minimum Gasteiger partial charge on any atom is -0.462 e. The summed E-state index contributed by atoms with van der Waals surface area (Å²) in [5.41, 5.74) is 0. The Morgan fingerprint density at radius 2 is 2.00 bits per heavy atom. The van der Waals surface area contributed by atoms with Crippen molar-refractivity contribution in [1.82, 2.24) is 0 Å². The van der Waals surface area contributed by atoms with Gasteiger partial charge in [0.1, 0.15) is 6.61 Å². The van der Waals surface area contributed by atoms with Crippen molar-refractivity contribution in [1.29, 1.82) is 0 Å². The van der Waals surface area contributed by atoms with Gasteiger partial charge in [-0.05, 0) is 0 Å². The molecule has 0 aromatic heterocycles. The Morgan fingerprint density at radius 3 is 2.29 bits per heavy atom. The van der Waals surface area contributed by atoms with Crippen LogP contribution < -0.4 is 0 Å². The molecule has 0 amide bonds. The van der Waals surface area contributed by atoms with Crippen molar-refractivity contribution in [2.45, 2.75) is 18.3 Å². The maximum atomic E-state index is 12.5. The van der Waals surface area contributed by atoms with Crippen molar-refractivity contribution in [3.63, 3.8) is 0 Å². The molecule has 0 aliphatic heterocycles. The van der Waals surface area contributed by atoms with Crippen LogP contribution in [-0.4, -0.2) is 37.0 Å². The molecule has 1 atom stereocenters. The summed E-state index contributed by atoms with van der Waals surface area (Å²) >= 11 is 0. The molecule has 0 aliphatic carbocycles. The normalized spacial score (nSPS) is 14.9. The molecule has 0 saturated carbocycles. The standard InChI is InChI=1S/C5H7F3O5S/c1-3(9)13-2-4(6)5(7,8)14(10,11)12/h4H,2H2,1H3,(H,10,11,12). The van der Waals surface area contributed by atoms with Crippen LogP contribution in [0.2, 0.25) is 0 Å². The first-order valence-corrected chi connectivity index (χ1v) is 4.65. The second-order valence-electron chi connectivity index (χ2n) is 2.31. The van der Waals surface area contributed by atoms with Crippen LogP contribution in [0.3, 0.4) is 0 Å². The minimum atomic E-state index is -5.85. The largest absolute Gasteiger partial charge is 0.462 e. The summed E-state index contributed by atoms with van der Waals surface area (Å²) in [7, 11) is -5.85. The van der Waals surface area contributed by atoms with Gasteiger partial charge in [0.15, 0.2) is 0 Å². The number of rotatable bonds is 4. The number of hydrogen-bond donors (Lipinski definition) is 1. The number of carbonyl (C=O) groups excluding carboxylic acids is 1. The average Bonchev–Trinajstić information content (AvgIpc) is 1.97. The Bertz CT molecular complexity index is 311. The maximum absolute atomic E-state index is 12.5. The fourth-order valence-electron chi connectivity index (χ4n) is 0.449. The quantitative estimate of drug-likeness (QED) is 0.563. The lowest BCUT2D eigenvalue weighted by molar-refractivity contribution is -0.145. The molecular weight excluding hydrogens is 229 g/mol. The molecule has 9 heteroatoms. The van der Waals surface area contributed by atoms with Crippen molar-refractivity contribution >= 4 is 16.1 Å². The summed E-state index contributed by atoms with van der Waals surface area (Å²) in [6, 6.07) is 0. The van der Waals surface area contributed by atoms with E-state index in [2.05, 4.69) is 4.74 Å². The highest BCUT2D eigenvalue weighted by atomic mass is 32.2. The number of ether oxygens (including phenoxy) is 1. The van der Waals surface area contributed by atoms with Gasteiger partial charge >= 0.3 is 21.3 Å². The fourth-order valence-corrected chi connectivity index (χ4v) is 0.840. The highest BCUT2D eigenvalue weighted by Crippen LogP contribution is 2.27. The van der Waals surface area contributed by atoms with E-state index in [1.807, 2.05) is 0 Å². The van der Waals surface area contributed by atoms with Gasteiger partial charge in [-0.2, -0.15) is 17.2 Å². The third kappa shape index (κ3) is 3.14. The number of esters is 1. The first kappa shape index (κ1) is 13.2. The van der Waals surface area contributed by atoms with E-state index in [1.54, 1.807) is 0 Å². The van der Waals surface area contributed by atoms with Gasteiger partial charge in [0.25, 0.3) is 0 Å². The Labute approximate surface area is 77.6 Å². The summed E-state index contributed by atoms with van der Waals surface area (Å²) in [5, 5.41) is -4.98. The molecule has 0 saturated heterocycles. The Kier molecular flexibility index (Phi) is 3.89. The third-order valence-corrected chi connectivity index (χ3v) is 2.09. The van der Waals surface area contributed by atoms with E-state index in [0.29, 0.717) is 0 Å². The van der Waals surface area contributed by atoms with E-state index in [-0.39, 0.29) is 0 Å². The summed E-state index contributed by atoms with van der Waals surface area (Å²) in [5.74, 6) is -1.04. The van der Waals surface area contributed by atoms with Crippen LogP contribution in [0.15, 0.2) is 0 Å². The SMILES string of the molecule is CC(=O)OCC(F)C(F)(F)S(=O)(=O)O. The monoisotopic (exact) mass is 236 g/mol. The lowest BCUT2D eigenvalue weighted by Gasteiger charge is -2.16. The van der Waals surface area contributed by atoms with Crippen LogP contribution in [0.25, 0.3) is 0 Å². The molecule has 0 bridgehead atoms. The van der Waals surface area contributed by atoms with Gasteiger partial charge in [-0.3, -0.25) is 9.35 Å². The van der Waals surface area contributed by atoms with E-state index in [4.69, 9.17) is 4.55 Å².